The van der Waals surface area contributed by atoms with Crippen LogP contribution in [-0.2, 0) is 6.54 Å². The van der Waals surface area contributed by atoms with Crippen molar-refractivity contribution >= 4 is 35.6 Å². The molecular weight excluding hydrogens is 443 g/mol. The van der Waals surface area contributed by atoms with Gasteiger partial charge < -0.3 is 15.5 Å². The number of guanidine groups is 1. The number of pyridine rings is 1. The molecule has 1 fully saturated rings. The third kappa shape index (κ3) is 5.27. The number of nitrogens with one attached hydrogen (secondary N) is 2. The molecule has 1 atom stereocenters. The third-order valence-electron chi connectivity index (χ3n) is 4.75. The van der Waals surface area contributed by atoms with Crippen molar-refractivity contribution in [1.29, 1.82) is 0 Å². The number of halogens is 1. The number of fused-ring (bicyclic) bond motifs is 1. The molecule has 2 N–H and O–H groups in total. The van der Waals surface area contributed by atoms with E-state index in [1.165, 1.54) is 0 Å². The minimum absolute atomic E-state index is 0. The lowest BCUT2D eigenvalue weighted by Gasteiger charge is -2.36. The first-order valence-electron chi connectivity index (χ1n) is 8.83. The lowest BCUT2D eigenvalue weighted by molar-refractivity contribution is 0.120. The summed E-state index contributed by atoms with van der Waals surface area (Å²) in [4.78, 5) is 9.20. The standard InChI is InChI=1S/C17H28N8.HI/c1-14(24-10-8-23(3)9-11-24)12-19-17(18-2)20-13-16-22-21-15-6-4-5-7-25(15)16;/h4-7,14H,8-13H2,1-3H3,(H2,18,19,20);1H. The molecule has 0 radical (unpaired) electrons. The molecule has 3 heterocycles. The Hall–Kier alpha value is -1.46. The zero-order valence-electron chi connectivity index (χ0n) is 15.7. The molecule has 0 amide bonds. The number of piperazine rings is 1. The summed E-state index contributed by atoms with van der Waals surface area (Å²) in [7, 11) is 3.97. The predicted octanol–water partition coefficient (Wildman–Crippen LogP) is 0.648. The minimum atomic E-state index is 0. The monoisotopic (exact) mass is 472 g/mol. The van der Waals surface area contributed by atoms with Crippen molar-refractivity contribution in [3.8, 4) is 0 Å². The van der Waals surface area contributed by atoms with Crippen LogP contribution in [0.2, 0.25) is 0 Å². The summed E-state index contributed by atoms with van der Waals surface area (Å²) in [5.41, 5.74) is 0.853. The maximum absolute atomic E-state index is 4.31. The number of hydrogen-bond acceptors (Lipinski definition) is 5. The summed E-state index contributed by atoms with van der Waals surface area (Å²) in [6.45, 7) is 8.22. The Kier molecular flexibility index (Phi) is 8.04. The van der Waals surface area contributed by atoms with Crippen LogP contribution in [0, 0.1) is 0 Å². The van der Waals surface area contributed by atoms with Gasteiger partial charge in [-0.3, -0.25) is 14.3 Å². The average molecular weight is 472 g/mol. The van der Waals surface area contributed by atoms with Gasteiger partial charge in [0, 0.05) is 52.0 Å². The first-order chi connectivity index (χ1) is 12.2. The highest BCUT2D eigenvalue weighted by Crippen LogP contribution is 2.04. The summed E-state index contributed by atoms with van der Waals surface area (Å²) in [6, 6.07) is 6.36. The fourth-order valence-electron chi connectivity index (χ4n) is 3.03. The highest BCUT2D eigenvalue weighted by Gasteiger charge is 2.19. The van der Waals surface area contributed by atoms with E-state index in [9.17, 15) is 0 Å². The Morgan fingerprint density at radius 1 is 1.19 bits per heavy atom. The second kappa shape index (κ2) is 10.0. The molecule has 1 aliphatic heterocycles. The lowest BCUT2D eigenvalue weighted by atomic mass is 10.2. The van der Waals surface area contributed by atoms with Crippen molar-refractivity contribution in [2.24, 2.45) is 4.99 Å². The molecule has 1 unspecified atom stereocenters. The van der Waals surface area contributed by atoms with Gasteiger partial charge in [0.15, 0.2) is 17.4 Å². The van der Waals surface area contributed by atoms with Crippen molar-refractivity contribution < 1.29 is 0 Å². The highest BCUT2D eigenvalue weighted by atomic mass is 127. The van der Waals surface area contributed by atoms with Gasteiger partial charge in [-0.2, -0.15) is 0 Å². The molecule has 0 aliphatic carbocycles. The summed E-state index contributed by atoms with van der Waals surface area (Å²) in [5, 5.41) is 15.1. The SMILES string of the molecule is CN=C(NCc1nnc2ccccn12)NCC(C)N1CCN(C)CC1.I. The van der Waals surface area contributed by atoms with Gasteiger partial charge in [-0.15, -0.1) is 34.2 Å². The number of nitrogens with zero attached hydrogens (tertiary/aromatic N) is 6. The van der Waals surface area contributed by atoms with Crippen LogP contribution < -0.4 is 10.6 Å². The Balaban J connectivity index is 0.00000243. The van der Waals surface area contributed by atoms with E-state index in [0.29, 0.717) is 12.6 Å². The first kappa shape index (κ1) is 20.8. The second-order valence-electron chi connectivity index (χ2n) is 6.54. The van der Waals surface area contributed by atoms with E-state index in [2.05, 4.69) is 49.6 Å². The van der Waals surface area contributed by atoms with Crippen molar-refractivity contribution in [2.45, 2.75) is 19.5 Å². The summed E-state index contributed by atoms with van der Waals surface area (Å²) in [5.74, 6) is 1.65. The van der Waals surface area contributed by atoms with Gasteiger partial charge in [-0.05, 0) is 26.1 Å². The molecular formula is C17H29IN8. The van der Waals surface area contributed by atoms with Gasteiger partial charge in [0.05, 0.1) is 6.54 Å². The van der Waals surface area contributed by atoms with Gasteiger partial charge in [-0.1, -0.05) is 6.07 Å². The number of rotatable bonds is 5. The van der Waals surface area contributed by atoms with Gasteiger partial charge in [-0.25, -0.2) is 0 Å². The molecule has 1 aliphatic rings. The van der Waals surface area contributed by atoms with Crippen molar-refractivity contribution in [3.63, 3.8) is 0 Å². The van der Waals surface area contributed by atoms with Crippen LogP contribution in [0.3, 0.4) is 0 Å². The number of hydrogen-bond donors (Lipinski definition) is 2. The van der Waals surface area contributed by atoms with Crippen LogP contribution in [0.4, 0.5) is 0 Å². The zero-order valence-corrected chi connectivity index (χ0v) is 18.1. The van der Waals surface area contributed by atoms with E-state index in [1.54, 1.807) is 7.05 Å². The minimum Gasteiger partial charge on any atom is -0.355 e. The molecule has 0 bridgehead atoms. The molecule has 9 heteroatoms. The normalized spacial score (nSPS) is 17.7. The molecule has 0 aromatic carbocycles. The molecule has 1 saturated heterocycles. The first-order valence-corrected chi connectivity index (χ1v) is 8.83. The van der Waals surface area contributed by atoms with Gasteiger partial charge in [0.25, 0.3) is 0 Å². The Morgan fingerprint density at radius 2 is 1.96 bits per heavy atom. The molecule has 3 rings (SSSR count). The van der Waals surface area contributed by atoms with Gasteiger partial charge >= 0.3 is 0 Å². The van der Waals surface area contributed by atoms with Gasteiger partial charge in [0.1, 0.15) is 0 Å². The summed E-state index contributed by atoms with van der Waals surface area (Å²) in [6.07, 6.45) is 1.97. The molecule has 2 aromatic heterocycles. The molecule has 0 spiro atoms. The maximum atomic E-state index is 4.31. The zero-order chi connectivity index (χ0) is 17.6. The topological polar surface area (TPSA) is 73.1 Å². The van der Waals surface area contributed by atoms with Crippen molar-refractivity contribution in [2.75, 3.05) is 46.8 Å². The van der Waals surface area contributed by atoms with Crippen LogP contribution in [0.25, 0.3) is 5.65 Å². The van der Waals surface area contributed by atoms with Crippen LogP contribution in [0.1, 0.15) is 12.7 Å². The van der Waals surface area contributed by atoms with Crippen LogP contribution in [0.5, 0.6) is 0 Å². The molecule has 2 aromatic rings. The number of likely N-dealkylation sites (N-methyl/N-ethyl adjacent to an activating group) is 1. The Labute approximate surface area is 172 Å². The fraction of sp³-hybridized carbons (Fsp3) is 0.588. The number of aliphatic imine (C=N–C) groups is 1. The summed E-state index contributed by atoms with van der Waals surface area (Å²) >= 11 is 0. The van der Waals surface area contributed by atoms with E-state index in [4.69, 9.17) is 0 Å². The quantitative estimate of drug-likeness (QED) is 0.379. The third-order valence-corrected chi connectivity index (χ3v) is 4.75. The highest BCUT2D eigenvalue weighted by molar-refractivity contribution is 14.0. The molecule has 26 heavy (non-hydrogen) atoms. The molecule has 144 valence electrons. The average Bonchev–Trinajstić information content (AvgIpc) is 3.05. The van der Waals surface area contributed by atoms with Crippen LogP contribution in [-0.4, -0.2) is 83.2 Å². The van der Waals surface area contributed by atoms with Crippen LogP contribution >= 0.6 is 24.0 Å². The fourth-order valence-corrected chi connectivity index (χ4v) is 3.03. The van der Waals surface area contributed by atoms with Gasteiger partial charge in [0.2, 0.25) is 0 Å². The second-order valence-corrected chi connectivity index (χ2v) is 6.54. The predicted molar refractivity (Wildman–Crippen MR) is 115 cm³/mol. The molecule has 8 nitrogen and oxygen atoms in total. The van der Waals surface area contributed by atoms with Crippen molar-refractivity contribution in [1.82, 2.24) is 35.0 Å². The van der Waals surface area contributed by atoms with Crippen LogP contribution in [0.15, 0.2) is 29.4 Å². The van der Waals surface area contributed by atoms with E-state index in [-0.39, 0.29) is 24.0 Å². The van der Waals surface area contributed by atoms with Crippen molar-refractivity contribution in [3.05, 3.63) is 30.2 Å². The Bertz CT molecular complexity index is 708. The summed E-state index contributed by atoms with van der Waals surface area (Å²) < 4.78 is 1.98. The van der Waals surface area contributed by atoms with E-state index in [1.807, 2.05) is 28.8 Å². The lowest BCUT2D eigenvalue weighted by Crippen LogP contribution is -2.52. The smallest absolute Gasteiger partial charge is 0.191 e. The molecule has 0 saturated carbocycles. The van der Waals surface area contributed by atoms with E-state index >= 15 is 0 Å². The Morgan fingerprint density at radius 3 is 2.69 bits per heavy atom. The van der Waals surface area contributed by atoms with E-state index in [0.717, 1.165) is 50.2 Å². The number of aromatic nitrogens is 3. The maximum Gasteiger partial charge on any atom is 0.191 e. The van der Waals surface area contributed by atoms with E-state index < -0.39 is 0 Å². The largest absolute Gasteiger partial charge is 0.355 e.